The van der Waals surface area contributed by atoms with Crippen LogP contribution in [0.15, 0.2) is 0 Å². The van der Waals surface area contributed by atoms with Gasteiger partial charge in [0.15, 0.2) is 0 Å². The van der Waals surface area contributed by atoms with Gasteiger partial charge < -0.3 is 0 Å². The molecule has 1 rings (SSSR count). The van der Waals surface area contributed by atoms with Crippen molar-refractivity contribution >= 4 is 11.6 Å². The van der Waals surface area contributed by atoms with E-state index in [1.165, 1.54) is 6.42 Å². The average molecular weight is 147 g/mol. The third kappa shape index (κ3) is 1.24. The lowest BCUT2D eigenvalue weighted by Gasteiger charge is -2.41. The van der Waals surface area contributed by atoms with Gasteiger partial charge in [-0.3, -0.25) is 0 Å². The van der Waals surface area contributed by atoms with E-state index in [1.54, 1.807) is 0 Å². The Bertz CT molecular complexity index is 98.7. The first-order valence-electron chi connectivity index (χ1n) is 3.77. The zero-order chi connectivity index (χ0) is 7.02. The molecule has 1 aliphatic carbocycles. The summed E-state index contributed by atoms with van der Waals surface area (Å²) in [5.74, 6) is 2.34. The molecule has 0 amide bonds. The molecule has 0 aliphatic heterocycles. The second-order valence-electron chi connectivity index (χ2n) is 3.57. The van der Waals surface area contributed by atoms with Crippen molar-refractivity contribution in [3.8, 4) is 0 Å². The van der Waals surface area contributed by atoms with Crippen molar-refractivity contribution < 1.29 is 0 Å². The zero-order valence-corrected chi connectivity index (χ0v) is 7.15. The molecule has 1 fully saturated rings. The number of hydrogen-bond acceptors (Lipinski definition) is 0. The molecule has 0 spiro atoms. The number of alkyl halides is 1. The van der Waals surface area contributed by atoms with Gasteiger partial charge in [0.25, 0.3) is 0 Å². The van der Waals surface area contributed by atoms with Crippen LogP contribution in [0.2, 0.25) is 0 Å². The Hall–Kier alpha value is 0.290. The van der Waals surface area contributed by atoms with Gasteiger partial charge in [-0.15, -0.1) is 11.6 Å². The molecule has 0 bridgehead atoms. The van der Waals surface area contributed by atoms with Gasteiger partial charge in [-0.1, -0.05) is 20.8 Å². The van der Waals surface area contributed by atoms with Gasteiger partial charge in [-0.2, -0.15) is 0 Å². The third-order valence-corrected chi connectivity index (χ3v) is 3.21. The first-order chi connectivity index (χ1) is 4.13. The van der Waals surface area contributed by atoms with Crippen molar-refractivity contribution in [2.75, 3.05) is 0 Å². The number of hydrogen-bond donors (Lipinski definition) is 0. The lowest BCUT2D eigenvalue weighted by Crippen LogP contribution is -2.38. The predicted octanol–water partition coefficient (Wildman–Crippen LogP) is 2.91. The molecule has 0 aromatic carbocycles. The van der Waals surface area contributed by atoms with Crippen LogP contribution in [-0.2, 0) is 0 Å². The van der Waals surface area contributed by atoms with Gasteiger partial charge in [-0.05, 0) is 24.2 Å². The monoisotopic (exact) mass is 146 g/mol. The molecule has 0 saturated heterocycles. The van der Waals surface area contributed by atoms with E-state index in [4.69, 9.17) is 11.6 Å². The normalized spacial score (nSPS) is 43.0. The molecular weight excluding hydrogens is 132 g/mol. The quantitative estimate of drug-likeness (QED) is 0.499. The fourth-order valence-electron chi connectivity index (χ4n) is 1.56. The molecule has 0 radical (unpaired) electrons. The van der Waals surface area contributed by atoms with Crippen molar-refractivity contribution in [2.45, 2.75) is 32.6 Å². The van der Waals surface area contributed by atoms with Gasteiger partial charge in [0.2, 0.25) is 0 Å². The van der Waals surface area contributed by atoms with E-state index in [-0.39, 0.29) is 0 Å². The highest BCUT2D eigenvalue weighted by Gasteiger charge is 2.37. The van der Waals surface area contributed by atoms with Crippen LogP contribution < -0.4 is 0 Å². The molecule has 0 aromatic rings. The maximum absolute atomic E-state index is 6.06. The standard InChI is InChI=1S/C8H15Cl/c1-5(2)7-4-6(3)8(7)9/h5-8H,4H2,1-3H3. The topological polar surface area (TPSA) is 0 Å². The summed E-state index contributed by atoms with van der Waals surface area (Å²) >= 11 is 6.06. The van der Waals surface area contributed by atoms with Crippen LogP contribution in [0, 0.1) is 17.8 Å². The smallest absolute Gasteiger partial charge is 0.0392 e. The van der Waals surface area contributed by atoms with E-state index in [2.05, 4.69) is 20.8 Å². The number of halogens is 1. The van der Waals surface area contributed by atoms with Crippen LogP contribution in [0.3, 0.4) is 0 Å². The molecule has 3 unspecified atom stereocenters. The Balaban J connectivity index is 2.33. The van der Waals surface area contributed by atoms with Crippen molar-refractivity contribution in [3.63, 3.8) is 0 Å². The highest BCUT2D eigenvalue weighted by molar-refractivity contribution is 6.21. The molecular formula is C8H15Cl. The summed E-state index contributed by atoms with van der Waals surface area (Å²) in [4.78, 5) is 0. The molecule has 0 heterocycles. The molecule has 1 heteroatoms. The Morgan fingerprint density at radius 1 is 1.44 bits per heavy atom. The lowest BCUT2D eigenvalue weighted by molar-refractivity contribution is 0.165. The van der Waals surface area contributed by atoms with Crippen LogP contribution in [0.4, 0.5) is 0 Å². The van der Waals surface area contributed by atoms with E-state index in [0.29, 0.717) is 5.38 Å². The second-order valence-corrected chi connectivity index (χ2v) is 4.07. The van der Waals surface area contributed by atoms with Gasteiger partial charge in [0.05, 0.1) is 0 Å². The van der Waals surface area contributed by atoms with Crippen molar-refractivity contribution in [3.05, 3.63) is 0 Å². The zero-order valence-electron chi connectivity index (χ0n) is 6.39. The van der Waals surface area contributed by atoms with Crippen molar-refractivity contribution in [1.82, 2.24) is 0 Å². The van der Waals surface area contributed by atoms with E-state index < -0.39 is 0 Å². The lowest BCUT2D eigenvalue weighted by atomic mass is 9.70. The van der Waals surface area contributed by atoms with Crippen LogP contribution in [0.5, 0.6) is 0 Å². The molecule has 0 aromatic heterocycles. The van der Waals surface area contributed by atoms with Crippen LogP contribution in [-0.4, -0.2) is 5.38 Å². The Kier molecular flexibility index (Phi) is 2.05. The highest BCUT2D eigenvalue weighted by Crippen LogP contribution is 2.42. The van der Waals surface area contributed by atoms with Crippen molar-refractivity contribution in [1.29, 1.82) is 0 Å². The molecule has 54 valence electrons. The Morgan fingerprint density at radius 3 is 2.11 bits per heavy atom. The van der Waals surface area contributed by atoms with Gasteiger partial charge in [0.1, 0.15) is 0 Å². The average Bonchev–Trinajstić information content (AvgIpc) is 1.81. The van der Waals surface area contributed by atoms with Crippen LogP contribution in [0.25, 0.3) is 0 Å². The minimum Gasteiger partial charge on any atom is -0.122 e. The summed E-state index contributed by atoms with van der Waals surface area (Å²) in [7, 11) is 0. The molecule has 0 nitrogen and oxygen atoms in total. The van der Waals surface area contributed by atoms with E-state index in [0.717, 1.165) is 17.8 Å². The fourth-order valence-corrected chi connectivity index (χ4v) is 2.05. The number of rotatable bonds is 1. The van der Waals surface area contributed by atoms with E-state index in [9.17, 15) is 0 Å². The van der Waals surface area contributed by atoms with E-state index in [1.807, 2.05) is 0 Å². The summed E-state index contributed by atoms with van der Waals surface area (Å²) < 4.78 is 0. The fraction of sp³-hybridized carbons (Fsp3) is 1.00. The Morgan fingerprint density at radius 2 is 2.00 bits per heavy atom. The van der Waals surface area contributed by atoms with Crippen LogP contribution in [0.1, 0.15) is 27.2 Å². The summed E-state index contributed by atoms with van der Waals surface area (Å²) in [6, 6.07) is 0. The molecule has 1 saturated carbocycles. The van der Waals surface area contributed by atoms with Crippen molar-refractivity contribution in [2.24, 2.45) is 17.8 Å². The summed E-state index contributed by atoms with van der Waals surface area (Å²) in [6.45, 7) is 6.74. The molecule has 3 atom stereocenters. The summed E-state index contributed by atoms with van der Waals surface area (Å²) in [6.07, 6.45) is 1.34. The molecule has 9 heavy (non-hydrogen) atoms. The highest BCUT2D eigenvalue weighted by atomic mass is 35.5. The minimum atomic E-state index is 0.463. The van der Waals surface area contributed by atoms with Gasteiger partial charge >= 0.3 is 0 Å². The van der Waals surface area contributed by atoms with Crippen LogP contribution >= 0.6 is 11.6 Å². The van der Waals surface area contributed by atoms with E-state index >= 15 is 0 Å². The maximum atomic E-state index is 6.06. The summed E-state index contributed by atoms with van der Waals surface area (Å²) in [5.41, 5.74) is 0. The Labute approximate surface area is 62.6 Å². The first kappa shape index (κ1) is 7.40. The predicted molar refractivity (Wildman–Crippen MR) is 41.8 cm³/mol. The first-order valence-corrected chi connectivity index (χ1v) is 4.20. The third-order valence-electron chi connectivity index (χ3n) is 2.45. The van der Waals surface area contributed by atoms with Gasteiger partial charge in [0, 0.05) is 5.38 Å². The van der Waals surface area contributed by atoms with Gasteiger partial charge in [-0.25, -0.2) is 0 Å². The second kappa shape index (κ2) is 2.49. The molecule has 0 N–H and O–H groups in total. The minimum absolute atomic E-state index is 0.463. The molecule has 1 aliphatic rings. The summed E-state index contributed by atoms with van der Waals surface area (Å²) in [5, 5.41) is 0.463. The maximum Gasteiger partial charge on any atom is 0.0392 e. The SMILES string of the molecule is CC(C)C1CC(C)C1Cl. The largest absolute Gasteiger partial charge is 0.122 e.